The van der Waals surface area contributed by atoms with Gasteiger partial charge >= 0.3 is 0 Å². The molecule has 0 spiro atoms. The topological polar surface area (TPSA) is 46.2 Å². The molecule has 1 saturated carbocycles. The zero-order chi connectivity index (χ0) is 10.8. The van der Waals surface area contributed by atoms with E-state index in [1.807, 2.05) is 0 Å². The highest BCUT2D eigenvalue weighted by Gasteiger charge is 2.28. The van der Waals surface area contributed by atoms with Crippen molar-refractivity contribution in [1.29, 1.82) is 0 Å². The fourth-order valence-electron chi connectivity index (χ4n) is 2.16. The van der Waals surface area contributed by atoms with Crippen molar-refractivity contribution in [2.24, 2.45) is 0 Å². The van der Waals surface area contributed by atoms with Crippen LogP contribution in [0.25, 0.3) is 0 Å². The minimum atomic E-state index is -2.83. The highest BCUT2D eigenvalue weighted by atomic mass is 32.2. The molecule has 3 nitrogen and oxygen atoms in total. The summed E-state index contributed by atoms with van der Waals surface area (Å²) in [7, 11) is -2.83. The summed E-state index contributed by atoms with van der Waals surface area (Å²) in [4.78, 5) is 0. The summed E-state index contributed by atoms with van der Waals surface area (Å²) in [6, 6.07) is 0.835. The van der Waals surface area contributed by atoms with Crippen LogP contribution in [0.5, 0.6) is 0 Å². The van der Waals surface area contributed by atoms with Gasteiger partial charge in [0.05, 0.1) is 5.25 Å². The molecule has 0 aromatic heterocycles. The monoisotopic (exact) mass is 219 g/mol. The molecule has 0 saturated heterocycles. The van der Waals surface area contributed by atoms with Crippen LogP contribution in [0.4, 0.5) is 0 Å². The first kappa shape index (κ1) is 12.0. The highest BCUT2D eigenvalue weighted by molar-refractivity contribution is 7.91. The van der Waals surface area contributed by atoms with Crippen LogP contribution >= 0.6 is 0 Å². The van der Waals surface area contributed by atoms with Crippen molar-refractivity contribution in [1.82, 2.24) is 5.32 Å². The van der Waals surface area contributed by atoms with Crippen molar-refractivity contribution in [2.45, 2.75) is 56.9 Å². The summed E-state index contributed by atoms with van der Waals surface area (Å²) < 4.78 is 22.8. The van der Waals surface area contributed by atoms with E-state index in [9.17, 15) is 8.42 Å². The van der Waals surface area contributed by atoms with Crippen LogP contribution in [0.1, 0.15) is 39.5 Å². The first-order valence-electron chi connectivity index (χ1n) is 5.34. The van der Waals surface area contributed by atoms with Gasteiger partial charge in [0, 0.05) is 18.3 Å². The smallest absolute Gasteiger partial charge is 0.150 e. The summed E-state index contributed by atoms with van der Waals surface area (Å²) in [5, 5.41) is 3.30. The molecular formula is C10H21NO2S. The molecule has 84 valence electrons. The third-order valence-corrected chi connectivity index (χ3v) is 4.44. The third-order valence-electron chi connectivity index (χ3n) is 2.80. The van der Waals surface area contributed by atoms with Crippen molar-refractivity contribution < 1.29 is 8.42 Å². The Morgan fingerprint density at radius 3 is 2.43 bits per heavy atom. The van der Waals surface area contributed by atoms with E-state index in [-0.39, 0.29) is 5.25 Å². The van der Waals surface area contributed by atoms with Crippen LogP contribution in [0.15, 0.2) is 0 Å². The maximum absolute atomic E-state index is 11.4. The second kappa shape index (κ2) is 4.62. The van der Waals surface area contributed by atoms with Gasteiger partial charge in [-0.1, -0.05) is 20.3 Å². The minimum absolute atomic E-state index is 0.118. The molecule has 0 aliphatic heterocycles. The summed E-state index contributed by atoms with van der Waals surface area (Å²) >= 11 is 0. The molecule has 1 fully saturated rings. The molecule has 1 rings (SSSR count). The molecule has 1 N–H and O–H groups in total. The van der Waals surface area contributed by atoms with E-state index in [0.29, 0.717) is 12.1 Å². The largest absolute Gasteiger partial charge is 0.312 e. The molecule has 1 aliphatic rings. The van der Waals surface area contributed by atoms with E-state index in [4.69, 9.17) is 0 Å². The Morgan fingerprint density at radius 2 is 1.93 bits per heavy atom. The first-order valence-corrected chi connectivity index (χ1v) is 7.30. The Kier molecular flexibility index (Phi) is 3.95. The Hall–Kier alpha value is -0.0900. The fourth-order valence-corrected chi connectivity index (χ4v) is 3.33. The lowest BCUT2D eigenvalue weighted by molar-refractivity contribution is 0.351. The van der Waals surface area contributed by atoms with Gasteiger partial charge in [-0.3, -0.25) is 0 Å². The zero-order valence-electron chi connectivity index (χ0n) is 9.29. The average molecular weight is 219 g/mol. The molecule has 2 unspecified atom stereocenters. The van der Waals surface area contributed by atoms with Crippen molar-refractivity contribution in [3.63, 3.8) is 0 Å². The van der Waals surface area contributed by atoms with Crippen molar-refractivity contribution in [3.05, 3.63) is 0 Å². The summed E-state index contributed by atoms with van der Waals surface area (Å²) in [5.74, 6) is 0. The maximum atomic E-state index is 11.4. The van der Waals surface area contributed by atoms with Gasteiger partial charge < -0.3 is 5.32 Å². The molecule has 0 bridgehead atoms. The number of sulfone groups is 1. The zero-order valence-corrected chi connectivity index (χ0v) is 10.1. The van der Waals surface area contributed by atoms with Gasteiger partial charge in [0.15, 0.2) is 0 Å². The SMILES string of the molecule is CC(C)NC1CCCC(S(C)(=O)=O)C1. The predicted molar refractivity (Wildman–Crippen MR) is 59.2 cm³/mol. The molecule has 2 atom stereocenters. The molecule has 4 heteroatoms. The minimum Gasteiger partial charge on any atom is -0.312 e. The van der Waals surface area contributed by atoms with Gasteiger partial charge in [0.1, 0.15) is 9.84 Å². The van der Waals surface area contributed by atoms with E-state index >= 15 is 0 Å². The Balaban J connectivity index is 2.52. The standard InChI is InChI=1S/C10H21NO2S/c1-8(2)11-9-5-4-6-10(7-9)14(3,12)13/h8-11H,4-7H2,1-3H3. The molecule has 14 heavy (non-hydrogen) atoms. The summed E-state index contributed by atoms with van der Waals surface area (Å²) in [6.45, 7) is 4.20. The maximum Gasteiger partial charge on any atom is 0.150 e. The van der Waals surface area contributed by atoms with Gasteiger partial charge in [-0.25, -0.2) is 8.42 Å². The highest BCUT2D eigenvalue weighted by Crippen LogP contribution is 2.23. The normalized spacial score (nSPS) is 29.4. The number of hydrogen-bond donors (Lipinski definition) is 1. The molecule has 1 aliphatic carbocycles. The Morgan fingerprint density at radius 1 is 1.29 bits per heavy atom. The van der Waals surface area contributed by atoms with Gasteiger partial charge in [-0.2, -0.15) is 0 Å². The molecule has 0 radical (unpaired) electrons. The lowest BCUT2D eigenvalue weighted by Crippen LogP contribution is -2.41. The van der Waals surface area contributed by atoms with Crippen LogP contribution in [0.2, 0.25) is 0 Å². The predicted octanol–water partition coefficient (Wildman–Crippen LogP) is 1.34. The van der Waals surface area contributed by atoms with Crippen LogP contribution in [0, 0.1) is 0 Å². The van der Waals surface area contributed by atoms with Crippen LogP contribution < -0.4 is 5.32 Å². The Labute approximate surface area is 87.2 Å². The van der Waals surface area contributed by atoms with E-state index in [0.717, 1.165) is 25.7 Å². The van der Waals surface area contributed by atoms with Gasteiger partial charge in [-0.05, 0) is 19.3 Å². The van der Waals surface area contributed by atoms with Gasteiger partial charge in [0.25, 0.3) is 0 Å². The number of nitrogens with one attached hydrogen (secondary N) is 1. The molecular weight excluding hydrogens is 198 g/mol. The lowest BCUT2D eigenvalue weighted by atomic mass is 9.94. The van der Waals surface area contributed by atoms with E-state index < -0.39 is 9.84 Å². The number of rotatable bonds is 3. The lowest BCUT2D eigenvalue weighted by Gasteiger charge is -2.30. The average Bonchev–Trinajstić information content (AvgIpc) is 2.01. The number of hydrogen-bond acceptors (Lipinski definition) is 3. The fraction of sp³-hybridized carbons (Fsp3) is 1.00. The van der Waals surface area contributed by atoms with Crippen molar-refractivity contribution >= 4 is 9.84 Å². The second-order valence-corrected chi connectivity index (χ2v) is 6.96. The second-order valence-electron chi connectivity index (χ2n) is 4.64. The molecule has 0 aromatic carbocycles. The van der Waals surface area contributed by atoms with Crippen molar-refractivity contribution in [2.75, 3.05) is 6.26 Å². The molecule has 0 heterocycles. The van der Waals surface area contributed by atoms with Crippen LogP contribution in [-0.2, 0) is 9.84 Å². The van der Waals surface area contributed by atoms with Crippen LogP contribution in [-0.4, -0.2) is 32.0 Å². The Bertz CT molecular complexity index is 272. The van der Waals surface area contributed by atoms with Crippen LogP contribution in [0.3, 0.4) is 0 Å². The van der Waals surface area contributed by atoms with Crippen molar-refractivity contribution in [3.8, 4) is 0 Å². The van der Waals surface area contributed by atoms with Gasteiger partial charge in [-0.15, -0.1) is 0 Å². The van der Waals surface area contributed by atoms with E-state index in [2.05, 4.69) is 19.2 Å². The van der Waals surface area contributed by atoms with E-state index in [1.165, 1.54) is 6.26 Å². The third kappa shape index (κ3) is 3.58. The quantitative estimate of drug-likeness (QED) is 0.779. The van der Waals surface area contributed by atoms with E-state index in [1.54, 1.807) is 0 Å². The first-order chi connectivity index (χ1) is 6.39. The molecule has 0 amide bonds. The molecule has 0 aromatic rings. The summed E-state index contributed by atoms with van der Waals surface area (Å²) in [6.07, 6.45) is 5.13. The van der Waals surface area contributed by atoms with Gasteiger partial charge in [0.2, 0.25) is 0 Å². The summed E-state index contributed by atoms with van der Waals surface area (Å²) in [5.41, 5.74) is 0.